The van der Waals surface area contributed by atoms with Gasteiger partial charge in [0.1, 0.15) is 6.07 Å². The van der Waals surface area contributed by atoms with Crippen LogP contribution in [-0.2, 0) is 12.8 Å². The molecule has 2 aromatic rings. The largest absolute Gasteiger partial charge is 0.252 e. The highest BCUT2D eigenvalue weighted by Gasteiger charge is 2.18. The molecule has 0 saturated heterocycles. The van der Waals surface area contributed by atoms with Crippen LogP contribution in [-0.4, -0.2) is 4.98 Å². The van der Waals surface area contributed by atoms with E-state index in [1.54, 1.807) is 0 Å². The number of fused-ring (bicyclic) bond motifs is 2. The van der Waals surface area contributed by atoms with Crippen molar-refractivity contribution < 1.29 is 0 Å². The number of para-hydroxylation sites is 1. The Labute approximate surface area is 101 Å². The molecule has 2 heteroatoms. The van der Waals surface area contributed by atoms with Gasteiger partial charge in [-0.1, -0.05) is 18.2 Å². The third-order valence-electron chi connectivity index (χ3n) is 3.61. The van der Waals surface area contributed by atoms with E-state index < -0.39 is 0 Å². The molecule has 0 aliphatic heterocycles. The van der Waals surface area contributed by atoms with E-state index in [4.69, 9.17) is 4.98 Å². The van der Waals surface area contributed by atoms with Crippen LogP contribution in [0.4, 0.5) is 0 Å². The molecule has 0 fully saturated rings. The van der Waals surface area contributed by atoms with E-state index in [2.05, 4.69) is 19.1 Å². The van der Waals surface area contributed by atoms with Crippen molar-refractivity contribution in [2.24, 2.45) is 0 Å². The molecule has 2 nitrogen and oxygen atoms in total. The third kappa shape index (κ3) is 1.51. The van der Waals surface area contributed by atoms with Gasteiger partial charge in [-0.2, -0.15) is 5.26 Å². The predicted octanol–water partition coefficient (Wildman–Crippen LogP) is 3.29. The lowest BCUT2D eigenvalue weighted by Crippen LogP contribution is -2.08. The summed E-state index contributed by atoms with van der Waals surface area (Å²) in [6, 6.07) is 8.47. The summed E-state index contributed by atoms with van der Waals surface area (Å²) in [4.78, 5) is 4.77. The second-order valence-corrected chi connectivity index (χ2v) is 4.70. The summed E-state index contributed by atoms with van der Waals surface area (Å²) in [6.45, 7) is 2.06. The van der Waals surface area contributed by atoms with Crippen LogP contribution in [0, 0.1) is 18.3 Å². The van der Waals surface area contributed by atoms with Gasteiger partial charge in [0.25, 0.3) is 0 Å². The van der Waals surface area contributed by atoms with Crippen LogP contribution < -0.4 is 0 Å². The molecule has 0 amide bonds. The van der Waals surface area contributed by atoms with Gasteiger partial charge >= 0.3 is 0 Å². The van der Waals surface area contributed by atoms with Gasteiger partial charge in [0, 0.05) is 11.1 Å². The Balaban J connectivity index is 2.44. The SMILES string of the molecule is Cc1cccc2c(C#N)c3c(nc12)CCCC3. The van der Waals surface area contributed by atoms with E-state index in [1.165, 1.54) is 18.4 Å². The molecule has 0 spiro atoms. The molecule has 0 saturated carbocycles. The minimum Gasteiger partial charge on any atom is -0.252 e. The Morgan fingerprint density at radius 2 is 2.06 bits per heavy atom. The smallest absolute Gasteiger partial charge is 0.100 e. The molecule has 0 N–H and O–H groups in total. The summed E-state index contributed by atoms with van der Waals surface area (Å²) in [5.41, 5.74) is 5.36. The molecule has 17 heavy (non-hydrogen) atoms. The normalized spacial score (nSPS) is 14.4. The molecule has 84 valence electrons. The fourth-order valence-corrected chi connectivity index (χ4v) is 2.72. The lowest BCUT2D eigenvalue weighted by Gasteiger charge is -2.18. The number of benzene rings is 1. The minimum atomic E-state index is 0.855. The first-order valence-electron chi connectivity index (χ1n) is 6.12. The number of rotatable bonds is 0. The van der Waals surface area contributed by atoms with Crippen molar-refractivity contribution in [2.75, 3.05) is 0 Å². The maximum atomic E-state index is 9.40. The summed E-state index contributed by atoms with van der Waals surface area (Å²) in [7, 11) is 0. The van der Waals surface area contributed by atoms with Crippen molar-refractivity contribution in [1.29, 1.82) is 5.26 Å². The summed E-state index contributed by atoms with van der Waals surface area (Å²) < 4.78 is 0. The lowest BCUT2D eigenvalue weighted by molar-refractivity contribution is 0.670. The van der Waals surface area contributed by atoms with Gasteiger partial charge in [-0.3, -0.25) is 4.98 Å². The van der Waals surface area contributed by atoms with Crippen molar-refractivity contribution in [2.45, 2.75) is 32.6 Å². The highest BCUT2D eigenvalue weighted by atomic mass is 14.7. The van der Waals surface area contributed by atoms with Gasteiger partial charge in [-0.05, 0) is 43.7 Å². The first-order valence-corrected chi connectivity index (χ1v) is 6.12. The third-order valence-corrected chi connectivity index (χ3v) is 3.61. The fraction of sp³-hybridized carbons (Fsp3) is 0.333. The van der Waals surface area contributed by atoms with Gasteiger partial charge in [0.2, 0.25) is 0 Å². The molecule has 1 aromatic carbocycles. The van der Waals surface area contributed by atoms with Crippen molar-refractivity contribution in [3.8, 4) is 6.07 Å². The summed E-state index contributed by atoms with van der Waals surface area (Å²) in [5.74, 6) is 0. The standard InChI is InChI=1S/C15H14N2/c1-10-5-4-7-12-13(9-16)11-6-2-3-8-14(11)17-15(10)12/h4-5,7H,2-3,6,8H2,1H3. The minimum absolute atomic E-state index is 0.855. The summed E-state index contributed by atoms with van der Waals surface area (Å²) in [6.07, 6.45) is 4.41. The van der Waals surface area contributed by atoms with E-state index in [0.29, 0.717) is 0 Å². The maximum Gasteiger partial charge on any atom is 0.100 e. The van der Waals surface area contributed by atoms with E-state index in [1.807, 2.05) is 12.1 Å². The molecule has 0 bridgehead atoms. The Kier molecular flexibility index (Phi) is 2.33. The number of aromatic nitrogens is 1. The zero-order valence-electron chi connectivity index (χ0n) is 9.95. The average molecular weight is 222 g/mol. The summed E-state index contributed by atoms with van der Waals surface area (Å²) >= 11 is 0. The number of aryl methyl sites for hydroxylation is 2. The Morgan fingerprint density at radius 3 is 2.88 bits per heavy atom. The first-order chi connectivity index (χ1) is 8.31. The Bertz CT molecular complexity index is 635. The monoisotopic (exact) mass is 222 g/mol. The molecule has 1 aromatic heterocycles. The molecule has 0 unspecified atom stereocenters. The van der Waals surface area contributed by atoms with Crippen LogP contribution in [0.25, 0.3) is 10.9 Å². The molecule has 1 heterocycles. The number of nitrogens with zero attached hydrogens (tertiary/aromatic N) is 2. The lowest BCUT2D eigenvalue weighted by atomic mass is 9.90. The number of nitriles is 1. The second kappa shape index (κ2) is 3.85. The molecular weight excluding hydrogens is 208 g/mol. The zero-order chi connectivity index (χ0) is 11.8. The van der Waals surface area contributed by atoms with Crippen molar-refractivity contribution in [3.63, 3.8) is 0 Å². The molecule has 1 aliphatic carbocycles. The predicted molar refractivity (Wildman–Crippen MR) is 67.8 cm³/mol. The van der Waals surface area contributed by atoms with Gasteiger partial charge in [-0.25, -0.2) is 0 Å². The average Bonchev–Trinajstić information content (AvgIpc) is 2.37. The first kappa shape index (κ1) is 10.3. The molecule has 0 radical (unpaired) electrons. The topological polar surface area (TPSA) is 36.7 Å². The molecular formula is C15H14N2. The van der Waals surface area contributed by atoms with Crippen LogP contribution in [0.2, 0.25) is 0 Å². The number of hydrogen-bond donors (Lipinski definition) is 0. The van der Waals surface area contributed by atoms with E-state index in [-0.39, 0.29) is 0 Å². The summed E-state index contributed by atoms with van der Waals surface area (Å²) in [5, 5.41) is 10.4. The van der Waals surface area contributed by atoms with Crippen LogP contribution >= 0.6 is 0 Å². The number of pyridine rings is 1. The van der Waals surface area contributed by atoms with Gasteiger partial charge in [0.15, 0.2) is 0 Å². The molecule has 0 atom stereocenters. The highest BCUT2D eigenvalue weighted by Crippen LogP contribution is 2.29. The molecule has 3 rings (SSSR count). The van der Waals surface area contributed by atoms with E-state index in [0.717, 1.165) is 40.6 Å². The quantitative estimate of drug-likeness (QED) is 0.685. The Hall–Kier alpha value is -1.88. The van der Waals surface area contributed by atoms with Crippen molar-refractivity contribution in [1.82, 2.24) is 4.98 Å². The van der Waals surface area contributed by atoms with Crippen molar-refractivity contribution >= 4 is 10.9 Å². The van der Waals surface area contributed by atoms with Gasteiger partial charge in [0.05, 0.1) is 11.1 Å². The molecule has 1 aliphatic rings. The van der Waals surface area contributed by atoms with Crippen LogP contribution in [0.5, 0.6) is 0 Å². The highest BCUT2D eigenvalue weighted by molar-refractivity contribution is 5.88. The van der Waals surface area contributed by atoms with Crippen molar-refractivity contribution in [3.05, 3.63) is 40.6 Å². The van der Waals surface area contributed by atoms with Crippen LogP contribution in [0.3, 0.4) is 0 Å². The van der Waals surface area contributed by atoms with Crippen LogP contribution in [0.15, 0.2) is 18.2 Å². The van der Waals surface area contributed by atoms with Gasteiger partial charge in [-0.15, -0.1) is 0 Å². The van der Waals surface area contributed by atoms with Gasteiger partial charge < -0.3 is 0 Å². The van der Waals surface area contributed by atoms with E-state index in [9.17, 15) is 5.26 Å². The number of hydrogen-bond acceptors (Lipinski definition) is 2. The maximum absolute atomic E-state index is 9.40. The Morgan fingerprint density at radius 1 is 1.24 bits per heavy atom. The second-order valence-electron chi connectivity index (χ2n) is 4.70. The fourth-order valence-electron chi connectivity index (χ4n) is 2.72. The van der Waals surface area contributed by atoms with E-state index >= 15 is 0 Å². The zero-order valence-corrected chi connectivity index (χ0v) is 9.95. The van der Waals surface area contributed by atoms with Crippen LogP contribution in [0.1, 0.15) is 35.2 Å².